The third-order valence-corrected chi connectivity index (χ3v) is 11.1. The Balaban J connectivity index is 0.000000281. The Labute approximate surface area is 198 Å². The summed E-state index contributed by atoms with van der Waals surface area (Å²) in [6.07, 6.45) is 3.08. The molecule has 1 N–H and O–H groups in total. The molecule has 30 heavy (non-hydrogen) atoms. The molecule has 3 nitrogen and oxygen atoms in total. The number of aliphatic hydroxyl groups excluding tert-OH is 1. The van der Waals surface area contributed by atoms with E-state index in [0.29, 0.717) is 15.0 Å². The largest absolute Gasteiger partial charge is 0 e. The van der Waals surface area contributed by atoms with Crippen LogP contribution in [0.1, 0.15) is 13.8 Å². The van der Waals surface area contributed by atoms with Gasteiger partial charge in [0.2, 0.25) is 0 Å². The molecule has 2 aliphatic heterocycles. The van der Waals surface area contributed by atoms with Gasteiger partial charge in [-0.1, -0.05) is 0 Å². The van der Waals surface area contributed by atoms with Crippen LogP contribution < -0.4 is 19.3 Å². The van der Waals surface area contributed by atoms with E-state index in [0.717, 1.165) is 5.69 Å². The van der Waals surface area contributed by atoms with Crippen molar-refractivity contribution in [2.45, 2.75) is 26.9 Å². The Hall–Kier alpha value is -1.81. The molecule has 0 unspecified atom stereocenters. The summed E-state index contributed by atoms with van der Waals surface area (Å²) < 4.78 is 2.89. The molecule has 3 aromatic rings. The number of fused-ring (bicyclic) bond motifs is 2. The molecule has 2 aliphatic rings. The smallest absolute Gasteiger partial charge is 0 e. The van der Waals surface area contributed by atoms with E-state index in [1.54, 1.807) is 10.4 Å². The molecule has 1 radical (unpaired) electrons. The summed E-state index contributed by atoms with van der Waals surface area (Å²) >= 11 is 0.313. The molecule has 0 aliphatic carbocycles. The van der Waals surface area contributed by atoms with Gasteiger partial charge in [-0.25, -0.2) is 0 Å². The van der Waals surface area contributed by atoms with Gasteiger partial charge >= 0.3 is 138 Å². The number of pyridine rings is 1. The minimum Gasteiger partial charge on any atom is 0 e. The normalized spacial score (nSPS) is 14.3. The maximum atomic E-state index is 10.0. The number of nitrogens with zero attached hydrogens (tertiary/aromatic N) is 1. The van der Waals surface area contributed by atoms with E-state index in [1.165, 1.54) is 45.5 Å². The first kappa shape index (κ1) is 22.9. The van der Waals surface area contributed by atoms with Gasteiger partial charge in [0.1, 0.15) is 0 Å². The van der Waals surface area contributed by atoms with Crippen molar-refractivity contribution in [1.29, 1.82) is 0 Å². The molecule has 5 rings (SSSR count). The molecule has 0 amide bonds. The van der Waals surface area contributed by atoms with Gasteiger partial charge in [-0.3, -0.25) is 4.79 Å². The average Bonchev–Trinajstić information content (AvgIpc) is 2.81. The minimum absolute atomic E-state index is 0. The van der Waals surface area contributed by atoms with E-state index < -0.39 is 8.07 Å². The Bertz CT molecular complexity index is 1170. The molecule has 0 saturated heterocycles. The van der Waals surface area contributed by atoms with Crippen LogP contribution in [0.4, 0.5) is 0 Å². The van der Waals surface area contributed by atoms with Crippen LogP contribution in [0.2, 0.25) is 13.1 Å². The number of allylic oxidation sites excluding steroid dienone is 2. The van der Waals surface area contributed by atoms with E-state index >= 15 is 0 Å². The zero-order valence-electron chi connectivity index (χ0n) is 17.2. The van der Waals surface area contributed by atoms with Crippen molar-refractivity contribution in [3.63, 3.8) is 0 Å². The van der Waals surface area contributed by atoms with Crippen molar-refractivity contribution in [1.82, 2.24) is 4.98 Å². The summed E-state index contributed by atoms with van der Waals surface area (Å²) in [5, 5.41) is 11.5. The second kappa shape index (κ2) is 8.74. The quantitative estimate of drug-likeness (QED) is 0.148. The van der Waals surface area contributed by atoms with Gasteiger partial charge < -0.3 is 5.11 Å². The van der Waals surface area contributed by atoms with Crippen LogP contribution in [-0.2, 0) is 24.9 Å². The molecule has 6 heteroatoms. The number of carbonyl (C=O) groups excluding carboxylic acids is 1. The maximum absolute atomic E-state index is 10.0. The van der Waals surface area contributed by atoms with Crippen LogP contribution in [-0.4, -0.2) is 38.9 Å². The van der Waals surface area contributed by atoms with Crippen molar-refractivity contribution in [2.24, 2.45) is 0 Å². The van der Waals surface area contributed by atoms with E-state index in [9.17, 15) is 4.79 Å². The van der Waals surface area contributed by atoms with Gasteiger partial charge in [-0.15, -0.1) is 0 Å². The fraction of sp³-hybridized carbons (Fsp3) is 0.167. The van der Waals surface area contributed by atoms with Gasteiger partial charge in [-0.05, 0) is 13.8 Å². The number of aliphatic hydroxyl groups is 1. The predicted molar refractivity (Wildman–Crippen MR) is 123 cm³/mol. The fourth-order valence-corrected chi connectivity index (χ4v) is 9.64. The molecule has 2 aromatic carbocycles. The molecule has 0 atom stereocenters. The van der Waals surface area contributed by atoms with Gasteiger partial charge in [0.05, 0.1) is 5.76 Å². The molecule has 1 aromatic heterocycles. The first-order valence-electron chi connectivity index (χ1n) is 9.51. The van der Waals surface area contributed by atoms with Crippen LogP contribution in [0.5, 0.6) is 0 Å². The SMILES string of the molecule is CC(=O)/C=C(/C)O.C[Si]1(C)c2cc[c-]c3c2-c2c(cccc21)[Se]c1cccnc1-3.[Ir]. The van der Waals surface area contributed by atoms with Crippen LogP contribution in [0.15, 0.2) is 60.5 Å². The Morgan fingerprint density at radius 3 is 2.43 bits per heavy atom. The standard InChI is InChI=1S/C19H14NSeSi.C5H8O2.Ir/c1-22(2)15-9-3-6-12-17(15)18-13(7-4-10-16(18)22)21-14-8-5-11-20-19(12)14;1-4(6)3-5(2)7;/h3-5,7-11H,1-2H3;3,6H,1-2H3;/q-1;;/b;4-3-;. The van der Waals surface area contributed by atoms with Crippen molar-refractivity contribution in [3.05, 3.63) is 66.6 Å². The molecule has 3 heterocycles. The summed E-state index contributed by atoms with van der Waals surface area (Å²) in [5.41, 5.74) is 5.32. The topological polar surface area (TPSA) is 50.2 Å². The number of ketones is 1. The summed E-state index contributed by atoms with van der Waals surface area (Å²) in [5.74, 6) is -0.0625. The van der Waals surface area contributed by atoms with Crippen molar-refractivity contribution in [3.8, 4) is 22.4 Å². The summed E-state index contributed by atoms with van der Waals surface area (Å²) in [6, 6.07) is 19.1. The average molecular weight is 656 g/mol. The van der Waals surface area contributed by atoms with Crippen molar-refractivity contribution in [2.75, 3.05) is 0 Å². The number of carbonyl (C=O) groups is 1. The summed E-state index contributed by atoms with van der Waals surface area (Å²) in [6.45, 7) is 7.79. The number of rotatable bonds is 1. The second-order valence-electron chi connectivity index (χ2n) is 7.79. The molecule has 0 bridgehead atoms. The van der Waals surface area contributed by atoms with Gasteiger partial charge in [0, 0.05) is 26.2 Å². The third-order valence-electron chi connectivity index (χ3n) is 5.26. The van der Waals surface area contributed by atoms with Crippen LogP contribution in [0.3, 0.4) is 0 Å². The van der Waals surface area contributed by atoms with E-state index in [1.807, 2.05) is 6.20 Å². The number of benzene rings is 2. The Morgan fingerprint density at radius 2 is 1.77 bits per heavy atom. The monoisotopic (exact) mass is 657 g/mol. The fourth-order valence-electron chi connectivity index (χ4n) is 4.08. The Morgan fingerprint density at radius 1 is 1.07 bits per heavy atom. The van der Waals surface area contributed by atoms with Gasteiger partial charge in [0.15, 0.2) is 5.78 Å². The first-order valence-corrected chi connectivity index (χ1v) is 14.2. The predicted octanol–water partition coefficient (Wildman–Crippen LogP) is 2.35. The van der Waals surface area contributed by atoms with Crippen LogP contribution in [0.25, 0.3) is 22.4 Å². The summed E-state index contributed by atoms with van der Waals surface area (Å²) in [4.78, 5) is 14.7. The number of aromatic nitrogens is 1. The first-order chi connectivity index (χ1) is 13.8. The van der Waals surface area contributed by atoms with Gasteiger partial charge in [-0.2, -0.15) is 0 Å². The summed E-state index contributed by atoms with van der Waals surface area (Å²) in [7, 11) is -1.59. The molecular formula is C24H22IrNO2SeSi-. The minimum atomic E-state index is -1.59. The van der Waals surface area contributed by atoms with Crippen LogP contribution in [0, 0.1) is 6.07 Å². The van der Waals surface area contributed by atoms with E-state index in [-0.39, 0.29) is 31.6 Å². The van der Waals surface area contributed by atoms with Crippen molar-refractivity contribution < 1.29 is 30.0 Å². The Kier molecular flexibility index (Phi) is 6.66. The molecule has 0 fully saturated rings. The van der Waals surface area contributed by atoms with E-state index in [4.69, 9.17) is 10.1 Å². The molecule has 155 valence electrons. The van der Waals surface area contributed by atoms with E-state index in [2.05, 4.69) is 61.6 Å². The number of hydrogen-bond donors (Lipinski definition) is 1. The molecular weight excluding hydrogens is 634 g/mol. The second-order valence-corrected chi connectivity index (χ2v) is 14.4. The molecule has 0 spiro atoms. The third kappa shape index (κ3) is 3.91. The zero-order chi connectivity index (χ0) is 20.8. The number of hydrogen-bond acceptors (Lipinski definition) is 3. The maximum Gasteiger partial charge on any atom is 0 e. The van der Waals surface area contributed by atoms with Crippen LogP contribution >= 0.6 is 0 Å². The molecule has 0 saturated carbocycles. The zero-order valence-corrected chi connectivity index (χ0v) is 22.3. The van der Waals surface area contributed by atoms with Crippen molar-refractivity contribution >= 4 is 48.1 Å². The van der Waals surface area contributed by atoms with Gasteiger partial charge in [0.25, 0.3) is 0 Å².